The van der Waals surface area contributed by atoms with E-state index in [1.165, 1.54) is 30.6 Å². The molecule has 0 aliphatic carbocycles. The van der Waals surface area contributed by atoms with E-state index in [0.29, 0.717) is 27.7 Å². The zero-order valence-electron chi connectivity index (χ0n) is 12.4. The van der Waals surface area contributed by atoms with Crippen LogP contribution in [0.15, 0.2) is 47.6 Å². The second-order valence-corrected chi connectivity index (χ2v) is 7.78. The maximum Gasteiger partial charge on any atom is 0.263 e. The number of rotatable bonds is 3. The molecule has 0 radical (unpaired) electrons. The van der Waals surface area contributed by atoms with Gasteiger partial charge in [0, 0.05) is 27.2 Å². The molecule has 0 saturated carbocycles. The van der Waals surface area contributed by atoms with Crippen LogP contribution in [0, 0.1) is 6.92 Å². The number of hydrogen-bond acceptors (Lipinski definition) is 4. The van der Waals surface area contributed by atoms with Crippen molar-refractivity contribution in [2.24, 2.45) is 0 Å². The summed E-state index contributed by atoms with van der Waals surface area (Å²) in [7, 11) is 1.48. The Morgan fingerprint density at radius 3 is 2.46 bits per heavy atom. The van der Waals surface area contributed by atoms with Gasteiger partial charge in [0.2, 0.25) is 0 Å². The molecule has 0 spiro atoms. The van der Waals surface area contributed by atoms with E-state index in [1.54, 1.807) is 19.1 Å². The van der Waals surface area contributed by atoms with Gasteiger partial charge < -0.3 is 0 Å². The Hall–Kier alpha value is -2.12. The summed E-state index contributed by atoms with van der Waals surface area (Å²) in [6.45, 7) is 1.72. The number of halogens is 3. The molecular weight excluding hydrogens is 358 g/mol. The summed E-state index contributed by atoms with van der Waals surface area (Å²) < 4.78 is 48.5. The molecule has 0 atom stereocenters. The average molecular weight is 369 g/mol. The van der Waals surface area contributed by atoms with Crippen LogP contribution >= 0.6 is 10.7 Å². The molecule has 8 heteroatoms. The molecule has 0 fully saturated rings. The van der Waals surface area contributed by atoms with Gasteiger partial charge in [-0.05, 0) is 36.8 Å². The molecule has 0 aliphatic rings. The molecule has 0 aliphatic heterocycles. The number of alkyl halides is 2. The Morgan fingerprint density at radius 1 is 1.08 bits per heavy atom. The van der Waals surface area contributed by atoms with Gasteiger partial charge in [-0.3, -0.25) is 0 Å². The molecule has 3 rings (SSSR count). The maximum absolute atomic E-state index is 12.8. The first-order valence-electron chi connectivity index (χ1n) is 6.86. The number of nitrogens with zero attached hydrogens (tertiary/aromatic N) is 2. The van der Waals surface area contributed by atoms with Crippen LogP contribution in [0.1, 0.15) is 17.6 Å². The molecule has 0 unspecified atom stereocenters. The fourth-order valence-electron chi connectivity index (χ4n) is 2.49. The van der Waals surface area contributed by atoms with E-state index in [9.17, 15) is 17.2 Å². The van der Waals surface area contributed by atoms with Crippen LogP contribution in [0.5, 0.6) is 0 Å². The lowest BCUT2D eigenvalue weighted by molar-refractivity contribution is 0.151. The molecule has 0 N–H and O–H groups in total. The summed E-state index contributed by atoms with van der Waals surface area (Å²) in [6, 6.07) is 8.60. The van der Waals surface area contributed by atoms with Crippen molar-refractivity contribution in [2.45, 2.75) is 18.2 Å². The smallest absolute Gasteiger partial charge is 0.236 e. The van der Waals surface area contributed by atoms with Crippen molar-refractivity contribution < 1.29 is 17.2 Å². The number of fused-ring (bicyclic) bond motifs is 1. The Morgan fingerprint density at radius 2 is 1.83 bits per heavy atom. The van der Waals surface area contributed by atoms with E-state index in [-0.39, 0.29) is 10.5 Å². The summed E-state index contributed by atoms with van der Waals surface area (Å²) in [5, 5.41) is 0.606. The van der Waals surface area contributed by atoms with Gasteiger partial charge in [0.05, 0.1) is 16.1 Å². The molecular formula is C16H11ClF2N2O2S. The minimum Gasteiger partial charge on any atom is -0.236 e. The topological polar surface area (TPSA) is 59.9 Å². The van der Waals surface area contributed by atoms with Crippen LogP contribution in [-0.4, -0.2) is 18.4 Å². The minimum absolute atomic E-state index is 0.0638. The van der Waals surface area contributed by atoms with E-state index in [2.05, 4.69) is 9.97 Å². The van der Waals surface area contributed by atoms with Gasteiger partial charge in [-0.2, -0.15) is 0 Å². The third kappa shape index (κ3) is 3.09. The lowest BCUT2D eigenvalue weighted by atomic mass is 9.99. The van der Waals surface area contributed by atoms with Crippen molar-refractivity contribution in [3.8, 4) is 11.3 Å². The Balaban J connectivity index is 2.21. The van der Waals surface area contributed by atoms with Crippen LogP contribution in [-0.2, 0) is 9.05 Å². The first-order chi connectivity index (χ1) is 11.3. The Kier molecular flexibility index (Phi) is 4.23. The highest BCUT2D eigenvalue weighted by molar-refractivity contribution is 8.13. The van der Waals surface area contributed by atoms with Crippen molar-refractivity contribution in [2.75, 3.05) is 0 Å². The molecule has 0 saturated heterocycles. The zero-order valence-corrected chi connectivity index (χ0v) is 13.9. The fraction of sp³-hybridized carbons (Fsp3) is 0.125. The molecule has 1 heterocycles. The highest BCUT2D eigenvalue weighted by atomic mass is 35.7. The fourth-order valence-corrected chi connectivity index (χ4v) is 3.26. The van der Waals surface area contributed by atoms with E-state index in [4.69, 9.17) is 10.7 Å². The third-order valence-electron chi connectivity index (χ3n) is 3.65. The second-order valence-electron chi connectivity index (χ2n) is 5.21. The zero-order chi connectivity index (χ0) is 17.5. The predicted octanol–water partition coefficient (Wildman–Crippen LogP) is 4.47. The van der Waals surface area contributed by atoms with Crippen molar-refractivity contribution in [1.82, 2.24) is 9.97 Å². The van der Waals surface area contributed by atoms with E-state index in [0.717, 1.165) is 0 Å². The Bertz CT molecular complexity index is 1040. The first-order valence-corrected chi connectivity index (χ1v) is 9.17. The van der Waals surface area contributed by atoms with E-state index < -0.39 is 15.5 Å². The van der Waals surface area contributed by atoms with Crippen LogP contribution in [0.2, 0.25) is 0 Å². The van der Waals surface area contributed by atoms with Gasteiger partial charge in [-0.25, -0.2) is 27.2 Å². The number of hydrogen-bond donors (Lipinski definition) is 0. The lowest BCUT2D eigenvalue weighted by Crippen LogP contribution is -1.95. The molecule has 1 aromatic heterocycles. The van der Waals surface area contributed by atoms with Gasteiger partial charge in [-0.15, -0.1) is 0 Å². The molecule has 4 nitrogen and oxygen atoms in total. The molecule has 0 amide bonds. The number of aryl methyl sites for hydroxylation is 1. The third-order valence-corrected chi connectivity index (χ3v) is 5.00. The normalized spacial score (nSPS) is 12.0. The summed E-state index contributed by atoms with van der Waals surface area (Å²) >= 11 is 0. The predicted molar refractivity (Wildman–Crippen MR) is 87.7 cm³/mol. The number of benzene rings is 2. The molecule has 0 bridgehead atoms. The van der Waals surface area contributed by atoms with Gasteiger partial charge in [0.1, 0.15) is 6.33 Å². The van der Waals surface area contributed by atoms with E-state index in [1.807, 2.05) is 0 Å². The quantitative estimate of drug-likeness (QED) is 0.640. The van der Waals surface area contributed by atoms with Crippen LogP contribution in [0.25, 0.3) is 22.2 Å². The second kappa shape index (κ2) is 6.07. The lowest BCUT2D eigenvalue weighted by Gasteiger charge is -2.10. The van der Waals surface area contributed by atoms with Crippen molar-refractivity contribution >= 4 is 30.6 Å². The van der Waals surface area contributed by atoms with E-state index >= 15 is 0 Å². The molecule has 24 heavy (non-hydrogen) atoms. The van der Waals surface area contributed by atoms with Crippen LogP contribution in [0.4, 0.5) is 8.78 Å². The largest absolute Gasteiger partial charge is 0.263 e. The van der Waals surface area contributed by atoms with Crippen LogP contribution in [0.3, 0.4) is 0 Å². The SMILES string of the molecule is Cc1cc(C(F)F)ccc1-c1ncnc2cc(S(=O)(=O)Cl)ccc12. The Labute approximate surface area is 141 Å². The summed E-state index contributed by atoms with van der Waals surface area (Å²) in [4.78, 5) is 8.22. The molecule has 3 aromatic rings. The minimum atomic E-state index is -3.87. The monoisotopic (exact) mass is 368 g/mol. The van der Waals surface area contributed by atoms with Crippen molar-refractivity contribution in [3.05, 3.63) is 53.9 Å². The average Bonchev–Trinajstić information content (AvgIpc) is 2.53. The molecule has 2 aromatic carbocycles. The highest BCUT2D eigenvalue weighted by Crippen LogP contribution is 2.31. The van der Waals surface area contributed by atoms with Gasteiger partial charge in [0.25, 0.3) is 15.5 Å². The van der Waals surface area contributed by atoms with Gasteiger partial charge >= 0.3 is 0 Å². The van der Waals surface area contributed by atoms with Crippen molar-refractivity contribution in [1.29, 1.82) is 0 Å². The van der Waals surface area contributed by atoms with Crippen LogP contribution < -0.4 is 0 Å². The van der Waals surface area contributed by atoms with Gasteiger partial charge in [-0.1, -0.05) is 12.1 Å². The van der Waals surface area contributed by atoms with Crippen molar-refractivity contribution in [3.63, 3.8) is 0 Å². The molecule has 124 valence electrons. The number of aromatic nitrogens is 2. The van der Waals surface area contributed by atoms with Gasteiger partial charge in [0.15, 0.2) is 0 Å². The standard InChI is InChI=1S/C16H11ClF2N2O2S/c1-9-6-10(16(18)19)2-4-12(9)15-13-5-3-11(24(17,22)23)7-14(13)20-8-21-15/h2-8,16H,1H3. The summed E-state index contributed by atoms with van der Waals surface area (Å²) in [5.74, 6) is 0. The summed E-state index contributed by atoms with van der Waals surface area (Å²) in [6.07, 6.45) is -1.25. The first kappa shape index (κ1) is 16.7. The maximum atomic E-state index is 12.8. The highest BCUT2D eigenvalue weighted by Gasteiger charge is 2.15. The summed E-state index contributed by atoms with van der Waals surface area (Å²) in [5.41, 5.74) is 2.19.